The molecule has 0 bridgehead atoms. The molecule has 25 heavy (non-hydrogen) atoms. The van der Waals surface area contributed by atoms with Gasteiger partial charge in [-0.1, -0.05) is 30.3 Å². The molecule has 0 aromatic heterocycles. The smallest absolute Gasteiger partial charge is 0.240 e. The number of likely N-dealkylation sites (tertiary alicyclic amines) is 1. The molecule has 3 rings (SSSR count). The molecule has 2 aromatic rings. The van der Waals surface area contributed by atoms with Gasteiger partial charge in [-0.05, 0) is 42.7 Å². The van der Waals surface area contributed by atoms with E-state index in [1.807, 2.05) is 13.1 Å². The van der Waals surface area contributed by atoms with Gasteiger partial charge in [-0.2, -0.15) is 0 Å². The maximum absolute atomic E-state index is 12.5. The number of piperidine rings is 1. The Kier molecular flexibility index (Phi) is 5.73. The van der Waals surface area contributed by atoms with Crippen LogP contribution in [0, 0.1) is 0 Å². The van der Waals surface area contributed by atoms with Crippen LogP contribution < -0.4 is 10.0 Å². The van der Waals surface area contributed by atoms with Gasteiger partial charge in [0.05, 0.1) is 4.90 Å². The van der Waals surface area contributed by atoms with Crippen LogP contribution in [-0.2, 0) is 16.6 Å². The lowest BCUT2D eigenvalue weighted by Crippen LogP contribution is -2.44. The predicted molar refractivity (Wildman–Crippen MR) is 101 cm³/mol. The summed E-state index contributed by atoms with van der Waals surface area (Å²) in [5, 5.41) is 2.99. The van der Waals surface area contributed by atoms with Crippen molar-refractivity contribution >= 4 is 15.7 Å². The number of rotatable bonds is 6. The number of nitrogens with one attached hydrogen (secondary N) is 2. The summed E-state index contributed by atoms with van der Waals surface area (Å²) in [5.41, 5.74) is 2.19. The van der Waals surface area contributed by atoms with Gasteiger partial charge in [0, 0.05) is 38.4 Å². The molecule has 1 aliphatic rings. The normalized spacial score (nSPS) is 16.7. The lowest BCUT2D eigenvalue weighted by Gasteiger charge is -2.32. The van der Waals surface area contributed by atoms with E-state index in [4.69, 9.17) is 0 Å². The first-order valence-corrected chi connectivity index (χ1v) is 10.1. The lowest BCUT2D eigenvalue weighted by molar-refractivity contribution is 0.200. The minimum atomic E-state index is -3.46. The van der Waals surface area contributed by atoms with Crippen molar-refractivity contribution in [1.29, 1.82) is 0 Å². The highest BCUT2D eigenvalue weighted by molar-refractivity contribution is 7.89. The van der Waals surface area contributed by atoms with Crippen LogP contribution in [0.5, 0.6) is 0 Å². The van der Waals surface area contributed by atoms with Crippen molar-refractivity contribution in [3.63, 3.8) is 0 Å². The maximum Gasteiger partial charge on any atom is 0.240 e. The van der Waals surface area contributed by atoms with E-state index in [2.05, 4.69) is 39.2 Å². The van der Waals surface area contributed by atoms with Gasteiger partial charge in [-0.3, -0.25) is 4.90 Å². The second-order valence-corrected chi connectivity index (χ2v) is 8.15. The second-order valence-electron chi connectivity index (χ2n) is 6.43. The highest BCUT2D eigenvalue weighted by Gasteiger charge is 2.24. The van der Waals surface area contributed by atoms with E-state index in [-0.39, 0.29) is 6.04 Å². The predicted octanol–water partition coefficient (Wildman–Crippen LogP) is 2.67. The van der Waals surface area contributed by atoms with E-state index < -0.39 is 10.0 Å². The Morgan fingerprint density at radius 1 is 1.00 bits per heavy atom. The number of anilines is 1. The molecule has 1 fully saturated rings. The zero-order valence-corrected chi connectivity index (χ0v) is 15.3. The van der Waals surface area contributed by atoms with Gasteiger partial charge in [-0.25, -0.2) is 13.1 Å². The Morgan fingerprint density at radius 2 is 1.64 bits per heavy atom. The number of nitrogens with zero attached hydrogens (tertiary/aromatic N) is 1. The first-order chi connectivity index (χ1) is 12.1. The van der Waals surface area contributed by atoms with Gasteiger partial charge < -0.3 is 5.32 Å². The fourth-order valence-corrected chi connectivity index (χ4v) is 4.44. The fraction of sp³-hybridized carbons (Fsp3) is 0.368. The molecule has 1 aliphatic heterocycles. The van der Waals surface area contributed by atoms with Crippen molar-refractivity contribution < 1.29 is 8.42 Å². The zero-order valence-electron chi connectivity index (χ0n) is 14.5. The molecule has 2 N–H and O–H groups in total. The van der Waals surface area contributed by atoms with Crippen molar-refractivity contribution in [2.45, 2.75) is 30.3 Å². The Labute approximate surface area is 150 Å². The summed E-state index contributed by atoms with van der Waals surface area (Å²) in [6, 6.07) is 17.2. The van der Waals surface area contributed by atoms with Crippen molar-refractivity contribution in [2.24, 2.45) is 0 Å². The van der Waals surface area contributed by atoms with Crippen molar-refractivity contribution in [3.05, 3.63) is 60.2 Å². The molecule has 6 heteroatoms. The Morgan fingerprint density at radius 3 is 2.24 bits per heavy atom. The first kappa shape index (κ1) is 17.9. The van der Waals surface area contributed by atoms with Crippen LogP contribution >= 0.6 is 0 Å². The molecule has 0 spiro atoms. The van der Waals surface area contributed by atoms with Gasteiger partial charge in [0.15, 0.2) is 0 Å². The molecule has 5 nitrogen and oxygen atoms in total. The minimum absolute atomic E-state index is 0.000926. The first-order valence-electron chi connectivity index (χ1n) is 8.63. The summed E-state index contributed by atoms with van der Waals surface area (Å²) in [6.07, 6.45) is 1.67. The highest BCUT2D eigenvalue weighted by Crippen LogP contribution is 2.18. The SMILES string of the molecule is CNc1ccc(S(=O)(=O)NC2CCN(Cc3ccccc3)CC2)cc1. The molecule has 2 aromatic carbocycles. The minimum Gasteiger partial charge on any atom is -0.388 e. The largest absolute Gasteiger partial charge is 0.388 e. The lowest BCUT2D eigenvalue weighted by atomic mass is 10.1. The van der Waals surface area contributed by atoms with E-state index in [0.29, 0.717) is 4.90 Å². The van der Waals surface area contributed by atoms with E-state index in [0.717, 1.165) is 38.2 Å². The number of hydrogen-bond acceptors (Lipinski definition) is 4. The Bertz CT molecular complexity index is 768. The van der Waals surface area contributed by atoms with Crippen LogP contribution in [0.4, 0.5) is 5.69 Å². The second kappa shape index (κ2) is 7.99. The quantitative estimate of drug-likeness (QED) is 0.832. The van der Waals surface area contributed by atoms with Crippen molar-refractivity contribution in [1.82, 2.24) is 9.62 Å². The summed E-state index contributed by atoms with van der Waals surface area (Å²) in [5.74, 6) is 0. The number of benzene rings is 2. The van der Waals surface area contributed by atoms with E-state index in [1.54, 1.807) is 24.3 Å². The van der Waals surface area contributed by atoms with E-state index in [1.165, 1.54) is 5.56 Å². The molecule has 0 aliphatic carbocycles. The fourth-order valence-electron chi connectivity index (χ4n) is 3.14. The molecule has 0 radical (unpaired) electrons. The van der Waals surface area contributed by atoms with E-state index in [9.17, 15) is 8.42 Å². The summed E-state index contributed by atoms with van der Waals surface area (Å²) >= 11 is 0. The molecule has 0 unspecified atom stereocenters. The zero-order chi connectivity index (χ0) is 17.7. The van der Waals surface area contributed by atoms with Crippen molar-refractivity contribution in [3.8, 4) is 0 Å². The van der Waals surface area contributed by atoms with Crippen LogP contribution in [-0.4, -0.2) is 39.5 Å². The Balaban J connectivity index is 1.54. The van der Waals surface area contributed by atoms with Crippen molar-refractivity contribution in [2.75, 3.05) is 25.5 Å². The summed E-state index contributed by atoms with van der Waals surface area (Å²) < 4.78 is 27.9. The Hall–Kier alpha value is -1.89. The van der Waals surface area contributed by atoms with Crippen LogP contribution in [0.15, 0.2) is 59.5 Å². The average Bonchev–Trinajstić information content (AvgIpc) is 2.64. The van der Waals surface area contributed by atoms with Crippen LogP contribution in [0.25, 0.3) is 0 Å². The number of sulfonamides is 1. The van der Waals surface area contributed by atoms with E-state index >= 15 is 0 Å². The monoisotopic (exact) mass is 359 g/mol. The van der Waals surface area contributed by atoms with Gasteiger partial charge in [0.2, 0.25) is 10.0 Å². The maximum atomic E-state index is 12.5. The molecular formula is C19H25N3O2S. The van der Waals surface area contributed by atoms with Gasteiger partial charge in [-0.15, -0.1) is 0 Å². The van der Waals surface area contributed by atoms with Gasteiger partial charge in [0.1, 0.15) is 0 Å². The molecular weight excluding hydrogens is 334 g/mol. The standard InChI is InChI=1S/C19H25N3O2S/c1-20-17-7-9-19(10-8-17)25(23,24)21-18-11-13-22(14-12-18)15-16-5-3-2-4-6-16/h2-10,18,20-21H,11-15H2,1H3. The third-order valence-corrected chi connectivity index (χ3v) is 6.15. The van der Waals surface area contributed by atoms with Gasteiger partial charge >= 0.3 is 0 Å². The molecule has 0 amide bonds. The summed E-state index contributed by atoms with van der Waals surface area (Å²) in [6.45, 7) is 2.73. The average molecular weight is 359 g/mol. The molecule has 1 saturated heterocycles. The highest BCUT2D eigenvalue weighted by atomic mass is 32.2. The number of hydrogen-bond donors (Lipinski definition) is 2. The van der Waals surface area contributed by atoms with Crippen LogP contribution in [0.2, 0.25) is 0 Å². The van der Waals surface area contributed by atoms with Gasteiger partial charge in [0.25, 0.3) is 0 Å². The molecule has 134 valence electrons. The topological polar surface area (TPSA) is 61.4 Å². The molecule has 0 saturated carbocycles. The molecule has 1 heterocycles. The third kappa shape index (κ3) is 4.81. The summed E-state index contributed by atoms with van der Waals surface area (Å²) in [4.78, 5) is 2.69. The third-order valence-electron chi connectivity index (χ3n) is 4.61. The molecule has 0 atom stereocenters. The van der Waals surface area contributed by atoms with Crippen LogP contribution in [0.3, 0.4) is 0 Å². The summed E-state index contributed by atoms with van der Waals surface area (Å²) in [7, 11) is -1.65. The van der Waals surface area contributed by atoms with Crippen LogP contribution in [0.1, 0.15) is 18.4 Å².